The molecule has 0 spiro atoms. The van der Waals surface area contributed by atoms with Gasteiger partial charge in [-0.1, -0.05) is 0 Å². The Morgan fingerprint density at radius 3 is 1.60 bits per heavy atom. The minimum atomic E-state index is -5.87. The number of aliphatic hydroxyl groups excluding tert-OH is 1. The number of carbonyl (C=O) groups is 1. The molecule has 0 aromatic carbocycles. The van der Waals surface area contributed by atoms with Gasteiger partial charge in [0, 0.05) is 14.2 Å². The molecule has 2 aliphatic heterocycles. The first-order chi connectivity index (χ1) is 19.0. The number of nitrogens with one attached hydrogen (secondary N) is 1. The molecule has 2 aliphatic rings. The summed E-state index contributed by atoms with van der Waals surface area (Å²) in [5.74, 6) is -2.25. The fourth-order valence-corrected chi connectivity index (χ4v) is 5.74. The summed E-state index contributed by atoms with van der Waals surface area (Å²) in [6.45, 7) is -1.40. The van der Waals surface area contributed by atoms with E-state index in [9.17, 15) is 66.9 Å². The standard InChI is InChI=1S/C14H25NO23S4.5Na/c1-31-7-4(3-33-40(22,23)24)34-13(5(15-39(19,20)21)8(7)37-41(25,26)27)35-9-6(16)10(38-42(28,29)30)14(32-2)36-11(9)12(17)18;;;;;/h4-11,13-16H,3H2,1-2H3,(H,17,18)(H,19,20,21)(H,22,23,24)(H,25,26,27)(H,28,29,30);;;;;/q;5*+1/p-5/t4-,5-,6+,7-,8-,9+,10-,11+,13-,14-;;;;;/m1...../s1. The van der Waals surface area contributed by atoms with Gasteiger partial charge >= 0.3 is 148 Å². The van der Waals surface area contributed by atoms with Crippen molar-refractivity contribution < 1.29 is 251 Å². The average Bonchev–Trinajstić information content (AvgIpc) is 2.79. The molecule has 248 valence electrons. The second-order valence-corrected chi connectivity index (χ2v) is 12.3. The van der Waals surface area contributed by atoms with Crippen LogP contribution in [-0.4, -0.2) is 145 Å². The van der Waals surface area contributed by atoms with Gasteiger partial charge in [-0.2, -0.15) is 0 Å². The van der Waals surface area contributed by atoms with Crippen LogP contribution in [0.15, 0.2) is 0 Å². The van der Waals surface area contributed by atoms with E-state index in [0.29, 0.717) is 0 Å². The molecule has 2 saturated heterocycles. The van der Waals surface area contributed by atoms with Crippen LogP contribution >= 0.6 is 0 Å². The second kappa shape index (κ2) is 23.6. The maximum Gasteiger partial charge on any atom is 1.00 e. The largest absolute Gasteiger partial charge is 1.00 e. The maximum atomic E-state index is 11.8. The summed E-state index contributed by atoms with van der Waals surface area (Å²) in [7, 11) is -21.3. The maximum absolute atomic E-state index is 11.8. The molecule has 2 N–H and O–H groups in total. The van der Waals surface area contributed by atoms with Crippen LogP contribution in [0.25, 0.3) is 0 Å². The van der Waals surface area contributed by atoms with Crippen molar-refractivity contribution in [3.63, 3.8) is 0 Å². The number of carboxylic acids is 1. The molecule has 0 radical (unpaired) electrons. The van der Waals surface area contributed by atoms with Crippen molar-refractivity contribution in [3.05, 3.63) is 0 Å². The molecule has 0 aromatic rings. The molecule has 2 fully saturated rings. The van der Waals surface area contributed by atoms with Gasteiger partial charge in [0.1, 0.15) is 42.7 Å². The normalized spacial score (nSPS) is 31.4. The van der Waals surface area contributed by atoms with Crippen LogP contribution in [0, 0.1) is 0 Å². The van der Waals surface area contributed by atoms with Gasteiger partial charge in [0.15, 0.2) is 29.0 Å². The monoisotopic (exact) mass is 813 g/mol. The molecule has 0 saturated carbocycles. The molecule has 47 heavy (non-hydrogen) atoms. The average molecular weight is 814 g/mol. The quantitative estimate of drug-likeness (QED) is 0.0934. The minimum absolute atomic E-state index is 0. The SMILES string of the molecule is CO[C@@H]1O[C@H](C(=O)[O-])[C@@H](O[C@H]2O[C@H](COS(=O)(=O)[O-])[C@@H](OC)[C@H](OS(=O)(=O)[O-])[C@H]2NS(=O)(=O)[O-])[C@H](O)[C@H]1OS(=O)(=O)[O-].[Na+].[Na+].[Na+].[Na+].[Na+]. The Morgan fingerprint density at radius 2 is 1.21 bits per heavy atom. The Balaban J connectivity index is -0.00000185. The van der Waals surface area contributed by atoms with Crippen LogP contribution in [0.3, 0.4) is 0 Å². The molecule has 24 nitrogen and oxygen atoms in total. The molecule has 2 rings (SSSR count). The molecule has 2 heterocycles. The van der Waals surface area contributed by atoms with Crippen molar-refractivity contribution in [1.29, 1.82) is 0 Å². The zero-order valence-electron chi connectivity index (χ0n) is 25.5. The predicted molar refractivity (Wildman–Crippen MR) is 112 cm³/mol. The van der Waals surface area contributed by atoms with Gasteiger partial charge < -0.3 is 56.9 Å². The van der Waals surface area contributed by atoms with Crippen LogP contribution in [0.1, 0.15) is 0 Å². The first-order valence-corrected chi connectivity index (χ1v) is 15.9. The molecule has 0 amide bonds. The van der Waals surface area contributed by atoms with E-state index in [-0.39, 0.29) is 148 Å². The van der Waals surface area contributed by atoms with Gasteiger partial charge in [0.2, 0.25) is 31.2 Å². The second-order valence-electron chi connectivity index (χ2n) is 8.04. The number of methoxy groups -OCH3 is 2. The number of hydrogen-bond acceptors (Lipinski definition) is 23. The summed E-state index contributed by atoms with van der Waals surface area (Å²) in [6.07, 6.45) is -21.6. The van der Waals surface area contributed by atoms with E-state index in [2.05, 4.69) is 17.3 Å². The zero-order valence-corrected chi connectivity index (χ0v) is 38.8. The molecule has 33 heteroatoms. The van der Waals surface area contributed by atoms with E-state index in [0.717, 1.165) is 14.2 Å². The molecule has 0 bridgehead atoms. The summed E-state index contributed by atoms with van der Waals surface area (Å²) < 4.78 is 174. The van der Waals surface area contributed by atoms with Gasteiger partial charge in [-0.25, -0.2) is 38.4 Å². The summed E-state index contributed by atoms with van der Waals surface area (Å²) in [4.78, 5) is 11.8. The van der Waals surface area contributed by atoms with Crippen LogP contribution in [0.4, 0.5) is 0 Å². The smallest absolute Gasteiger partial charge is 0.735 e. The summed E-state index contributed by atoms with van der Waals surface area (Å²) >= 11 is 0. The fraction of sp³-hybridized carbons (Fsp3) is 0.929. The molecular weight excluding hydrogens is 793 g/mol. The van der Waals surface area contributed by atoms with Crippen LogP contribution in [-0.2, 0) is 82.5 Å². The summed E-state index contributed by atoms with van der Waals surface area (Å²) in [5.41, 5.74) is 0. The van der Waals surface area contributed by atoms with Gasteiger partial charge in [-0.15, -0.1) is 0 Å². The molecular formula is C14H20NNa5O23S4. The van der Waals surface area contributed by atoms with E-state index < -0.39 is 115 Å². The first-order valence-electron chi connectivity index (χ1n) is 10.5. The Morgan fingerprint density at radius 1 is 0.723 bits per heavy atom. The number of carbonyl (C=O) groups excluding carboxylic acids is 1. The Hall–Kier alpha value is 3.71. The van der Waals surface area contributed by atoms with E-state index in [1.807, 2.05) is 0 Å². The van der Waals surface area contributed by atoms with Crippen LogP contribution < -0.4 is 158 Å². The number of aliphatic hydroxyl groups is 1. The third kappa shape index (κ3) is 19.2. The van der Waals surface area contributed by atoms with Gasteiger partial charge in [-0.3, -0.25) is 12.5 Å². The molecule has 0 aliphatic carbocycles. The van der Waals surface area contributed by atoms with Crippen LogP contribution in [0.2, 0.25) is 0 Å². The zero-order chi connectivity index (χ0) is 32.4. The molecule has 10 atom stereocenters. The molecule has 0 unspecified atom stereocenters. The minimum Gasteiger partial charge on any atom is -0.735 e. The van der Waals surface area contributed by atoms with Crippen molar-refractivity contribution in [1.82, 2.24) is 4.72 Å². The van der Waals surface area contributed by atoms with E-state index >= 15 is 0 Å². The topological polar surface area (TPSA) is 375 Å². The van der Waals surface area contributed by atoms with Gasteiger partial charge in [-0.05, 0) is 0 Å². The third-order valence-corrected chi connectivity index (χ3v) is 7.21. The van der Waals surface area contributed by atoms with E-state index in [1.165, 1.54) is 4.72 Å². The van der Waals surface area contributed by atoms with E-state index in [4.69, 9.17) is 18.9 Å². The third-order valence-electron chi connectivity index (χ3n) is 5.31. The number of ether oxygens (including phenoxy) is 5. The van der Waals surface area contributed by atoms with Crippen molar-refractivity contribution in [2.24, 2.45) is 0 Å². The van der Waals surface area contributed by atoms with Crippen molar-refractivity contribution in [2.45, 2.75) is 61.3 Å². The summed E-state index contributed by atoms with van der Waals surface area (Å²) in [5, 5.41) is 22.4. The van der Waals surface area contributed by atoms with Gasteiger partial charge in [0.25, 0.3) is 0 Å². The Kier molecular flexibility index (Phi) is 28.8. The van der Waals surface area contributed by atoms with Crippen molar-refractivity contribution in [2.75, 3.05) is 20.8 Å². The van der Waals surface area contributed by atoms with Crippen molar-refractivity contribution in [3.8, 4) is 0 Å². The van der Waals surface area contributed by atoms with Gasteiger partial charge in [0.05, 0.1) is 12.6 Å². The number of rotatable bonds is 14. The summed E-state index contributed by atoms with van der Waals surface area (Å²) in [6, 6.07) is -2.56. The predicted octanol–water partition coefficient (Wildman–Crippen LogP) is -22.8. The molecule has 0 aromatic heterocycles. The van der Waals surface area contributed by atoms with Crippen molar-refractivity contribution >= 4 is 47.5 Å². The number of aliphatic carboxylic acids is 1. The fourth-order valence-electron chi connectivity index (χ4n) is 3.88. The van der Waals surface area contributed by atoms with Crippen LogP contribution in [0.5, 0.6) is 0 Å². The number of hydrogen-bond donors (Lipinski definition) is 2. The first kappa shape index (κ1) is 57.4. The Bertz CT molecular complexity index is 1400. The van der Waals surface area contributed by atoms with E-state index in [1.54, 1.807) is 0 Å². The number of carboxylic acid groups (broad SMARTS) is 1. The Labute approximate surface area is 379 Å².